The van der Waals surface area contributed by atoms with E-state index in [-0.39, 0.29) is 5.41 Å². The van der Waals surface area contributed by atoms with Gasteiger partial charge < -0.3 is 14.4 Å². The van der Waals surface area contributed by atoms with Crippen molar-refractivity contribution in [2.45, 2.75) is 19.3 Å². The quantitative estimate of drug-likeness (QED) is 0.101. The first-order valence-corrected chi connectivity index (χ1v) is 38.1. The summed E-state index contributed by atoms with van der Waals surface area (Å²) >= 11 is 0. The van der Waals surface area contributed by atoms with Gasteiger partial charge in [-0.15, -0.1) is 0 Å². The molecule has 18 aromatic carbocycles. The van der Waals surface area contributed by atoms with Gasteiger partial charge in [0.2, 0.25) is 0 Å². The van der Waals surface area contributed by atoms with E-state index in [1.165, 1.54) is 71.3 Å². The Morgan fingerprint density at radius 2 is 0.564 bits per heavy atom. The third kappa shape index (κ3) is 11.5. The van der Waals surface area contributed by atoms with Crippen LogP contribution in [0.3, 0.4) is 0 Å². The highest BCUT2D eigenvalue weighted by atomic mass is 15.2. The Balaban J connectivity index is 0.753. The van der Waals surface area contributed by atoms with Crippen molar-refractivity contribution in [3.8, 4) is 106 Å². The molecule has 1 aliphatic carbocycles. The van der Waals surface area contributed by atoms with Crippen LogP contribution in [0, 0.1) is 0 Å². The summed E-state index contributed by atoms with van der Waals surface area (Å²) in [6.07, 6.45) is 0. The van der Waals surface area contributed by atoms with Crippen molar-refractivity contribution in [2.24, 2.45) is 0 Å². The molecule has 0 atom stereocenters. The number of nitrogens with zero attached hydrogens (tertiary/aromatic N) is 3. The fourth-order valence-corrected chi connectivity index (χ4v) is 17.4. The van der Waals surface area contributed by atoms with Gasteiger partial charge in [-0.3, -0.25) is 0 Å². The molecule has 518 valence electrons. The maximum absolute atomic E-state index is 2.54. The van der Waals surface area contributed by atoms with Crippen molar-refractivity contribution < 1.29 is 0 Å². The lowest BCUT2D eigenvalue weighted by atomic mass is 9.82. The van der Waals surface area contributed by atoms with E-state index in [0.717, 1.165) is 123 Å². The average Bonchev–Trinajstić information content (AvgIpc) is 1.41. The zero-order valence-electron chi connectivity index (χ0n) is 61.2. The molecule has 1 aromatic heterocycles. The molecular weight excluding hydrogens is 1330 g/mol. The molecule has 0 unspecified atom stereocenters. The third-order valence-corrected chi connectivity index (χ3v) is 22.8. The van der Waals surface area contributed by atoms with Gasteiger partial charge in [0.15, 0.2) is 0 Å². The minimum Gasteiger partial charge on any atom is -0.310 e. The van der Waals surface area contributed by atoms with Gasteiger partial charge in [0.25, 0.3) is 0 Å². The van der Waals surface area contributed by atoms with Crippen LogP contribution in [-0.2, 0) is 5.41 Å². The minimum atomic E-state index is -0.223. The van der Waals surface area contributed by atoms with E-state index >= 15 is 0 Å². The van der Waals surface area contributed by atoms with E-state index in [0.29, 0.717) is 0 Å². The van der Waals surface area contributed by atoms with Gasteiger partial charge in [0, 0.05) is 55.5 Å². The van der Waals surface area contributed by atoms with Crippen molar-refractivity contribution >= 4 is 77.5 Å². The van der Waals surface area contributed by atoms with Gasteiger partial charge in [0.05, 0.1) is 33.8 Å². The van der Waals surface area contributed by atoms with Crippen LogP contribution in [-0.4, -0.2) is 4.57 Å². The molecule has 110 heavy (non-hydrogen) atoms. The van der Waals surface area contributed by atoms with Gasteiger partial charge in [0.1, 0.15) is 0 Å². The van der Waals surface area contributed by atoms with Gasteiger partial charge >= 0.3 is 0 Å². The second-order valence-electron chi connectivity index (χ2n) is 29.5. The van der Waals surface area contributed by atoms with Gasteiger partial charge in [-0.25, -0.2) is 0 Å². The predicted octanol–water partition coefficient (Wildman–Crippen LogP) is 29.7. The highest BCUT2D eigenvalue weighted by Crippen LogP contribution is 2.54. The number of aromatic nitrogens is 1. The first-order chi connectivity index (χ1) is 54.3. The Kier molecular flexibility index (Phi) is 16.3. The molecule has 1 heterocycles. The molecule has 19 aromatic rings. The van der Waals surface area contributed by atoms with E-state index in [1.54, 1.807) is 0 Å². The summed E-state index contributed by atoms with van der Waals surface area (Å²) in [4.78, 5) is 4.99. The fraction of sp³-hybridized carbons (Fsp3) is 0.0280. The van der Waals surface area contributed by atoms with E-state index in [1.807, 2.05) is 0 Å². The summed E-state index contributed by atoms with van der Waals surface area (Å²) in [6, 6.07) is 155. The standard InChI is InChI=1S/C107H75N3/c1-107(2)99-44-20-16-39-94(99)95-66-63-86(71-100(95)107)109(101-45-21-17-38-91(101)77-28-8-4-9-29-77)106-70-83(90-43-25-35-76-33-13-15-37-88(76)90)57-65-93(106)79-50-48-74(49-51-79)81-58-67-104(110-102-46-22-18-40-96(102)97-41-19-23-47-103(97)110)98(68-81)80-54-61-85(62-55-80)108(84-59-52-73(53-60-84)72-26-6-3-7-27-72)105-69-82(56-64-92(105)78-30-10-5-11-31-78)89-42-24-34-75-32-12-14-36-87(75)89/h3-71H,1-2H3. The molecule has 3 nitrogen and oxygen atoms in total. The molecule has 0 aliphatic heterocycles. The topological polar surface area (TPSA) is 11.4 Å². The van der Waals surface area contributed by atoms with Crippen LogP contribution in [0.5, 0.6) is 0 Å². The highest BCUT2D eigenvalue weighted by Gasteiger charge is 2.36. The lowest BCUT2D eigenvalue weighted by Crippen LogP contribution is -2.17. The van der Waals surface area contributed by atoms with Crippen LogP contribution in [0.15, 0.2) is 419 Å². The first-order valence-electron chi connectivity index (χ1n) is 38.1. The van der Waals surface area contributed by atoms with Gasteiger partial charge in [-0.05, 0) is 189 Å². The maximum Gasteiger partial charge on any atom is 0.0546 e. The Bertz CT molecular complexity index is 6650. The van der Waals surface area contributed by atoms with Crippen LogP contribution < -0.4 is 9.80 Å². The Labute approximate surface area is 642 Å². The number of benzene rings is 18. The van der Waals surface area contributed by atoms with Crippen molar-refractivity contribution in [3.05, 3.63) is 430 Å². The van der Waals surface area contributed by atoms with Gasteiger partial charge in [-0.2, -0.15) is 0 Å². The molecule has 0 N–H and O–H groups in total. The molecule has 0 saturated carbocycles. The van der Waals surface area contributed by atoms with E-state index in [9.17, 15) is 0 Å². The number of hydrogen-bond donors (Lipinski definition) is 0. The lowest BCUT2D eigenvalue weighted by molar-refractivity contribution is 0.660. The predicted molar refractivity (Wildman–Crippen MR) is 466 cm³/mol. The fourth-order valence-electron chi connectivity index (χ4n) is 17.4. The largest absolute Gasteiger partial charge is 0.310 e. The lowest BCUT2D eigenvalue weighted by Gasteiger charge is -2.32. The van der Waals surface area contributed by atoms with E-state index in [4.69, 9.17) is 0 Å². The molecule has 0 bridgehead atoms. The van der Waals surface area contributed by atoms with E-state index in [2.05, 4.69) is 447 Å². The molecule has 0 amide bonds. The summed E-state index contributed by atoms with van der Waals surface area (Å²) in [5.74, 6) is 0. The average molecular weight is 1400 g/mol. The number of rotatable bonds is 15. The SMILES string of the molecule is CC1(C)c2ccccc2-c2ccc(N(c3ccccc3-c3ccccc3)c3cc(-c4cccc5ccccc45)ccc3-c3ccc(-c4ccc(-n5c6ccccc6c6ccccc65)c(-c5ccc(N(c6ccc(-c7ccccc7)cc6)c6cc(-c7cccc8ccccc78)ccc6-c6ccccc6)cc5)c4)cc3)cc21. The van der Waals surface area contributed by atoms with Crippen LogP contribution in [0.4, 0.5) is 34.1 Å². The summed E-state index contributed by atoms with van der Waals surface area (Å²) < 4.78 is 2.47. The zero-order valence-corrected chi connectivity index (χ0v) is 61.2. The maximum atomic E-state index is 2.54. The summed E-state index contributed by atoms with van der Waals surface area (Å²) in [7, 11) is 0. The Morgan fingerprint density at radius 3 is 1.15 bits per heavy atom. The minimum absolute atomic E-state index is 0.223. The third-order valence-electron chi connectivity index (χ3n) is 22.8. The van der Waals surface area contributed by atoms with Gasteiger partial charge in [-0.1, -0.05) is 354 Å². The zero-order chi connectivity index (χ0) is 73.2. The van der Waals surface area contributed by atoms with Crippen molar-refractivity contribution in [1.82, 2.24) is 4.57 Å². The number of hydrogen-bond acceptors (Lipinski definition) is 2. The summed E-state index contributed by atoms with van der Waals surface area (Å²) in [5.41, 5.74) is 33.1. The molecule has 1 aliphatic rings. The van der Waals surface area contributed by atoms with Crippen molar-refractivity contribution in [1.29, 1.82) is 0 Å². The smallest absolute Gasteiger partial charge is 0.0546 e. The second kappa shape index (κ2) is 27.3. The summed E-state index contributed by atoms with van der Waals surface area (Å²) in [5, 5.41) is 7.29. The summed E-state index contributed by atoms with van der Waals surface area (Å²) in [6.45, 7) is 4.76. The monoisotopic (exact) mass is 1400 g/mol. The molecule has 0 radical (unpaired) electrons. The van der Waals surface area contributed by atoms with Crippen LogP contribution in [0.1, 0.15) is 25.0 Å². The van der Waals surface area contributed by atoms with Crippen LogP contribution in [0.25, 0.3) is 149 Å². The van der Waals surface area contributed by atoms with Crippen molar-refractivity contribution in [2.75, 3.05) is 9.80 Å². The Hall–Kier alpha value is -14.1. The highest BCUT2D eigenvalue weighted by molar-refractivity contribution is 6.10. The number of anilines is 6. The molecule has 20 rings (SSSR count). The first kappa shape index (κ1) is 65.4. The number of para-hydroxylation sites is 3. The molecule has 0 spiro atoms. The second-order valence-corrected chi connectivity index (χ2v) is 29.5. The molecule has 0 saturated heterocycles. The van der Waals surface area contributed by atoms with E-state index < -0.39 is 0 Å². The number of fused-ring (bicyclic) bond motifs is 8. The normalized spacial score (nSPS) is 12.2. The Morgan fingerprint density at radius 1 is 0.200 bits per heavy atom. The van der Waals surface area contributed by atoms with Crippen LogP contribution >= 0.6 is 0 Å². The molecule has 0 fully saturated rings. The molecule has 3 heteroatoms. The molecular formula is C107H75N3. The van der Waals surface area contributed by atoms with Crippen molar-refractivity contribution in [3.63, 3.8) is 0 Å². The van der Waals surface area contributed by atoms with Crippen LogP contribution in [0.2, 0.25) is 0 Å².